The second kappa shape index (κ2) is 4.36. The van der Waals surface area contributed by atoms with Gasteiger partial charge in [0.2, 0.25) is 0 Å². The Bertz CT molecular complexity index is 537. The summed E-state index contributed by atoms with van der Waals surface area (Å²) in [5.41, 5.74) is 0. The van der Waals surface area contributed by atoms with Crippen LogP contribution in [0.4, 0.5) is 0 Å². The highest BCUT2D eigenvalue weighted by Gasteiger charge is 2.42. The van der Waals surface area contributed by atoms with Gasteiger partial charge >= 0.3 is 0 Å². The number of rotatable bonds is 2. The van der Waals surface area contributed by atoms with Gasteiger partial charge in [-0.3, -0.25) is 4.90 Å². The predicted molar refractivity (Wildman–Crippen MR) is 68.1 cm³/mol. The molecule has 2 unspecified atom stereocenters. The van der Waals surface area contributed by atoms with Gasteiger partial charge in [-0.25, -0.2) is 8.42 Å². The molecule has 2 aliphatic heterocycles. The van der Waals surface area contributed by atoms with Crippen molar-refractivity contribution in [1.29, 1.82) is 0 Å². The van der Waals surface area contributed by atoms with Crippen LogP contribution in [0.15, 0.2) is 16.5 Å². The van der Waals surface area contributed by atoms with Crippen LogP contribution < -0.4 is 5.32 Å². The van der Waals surface area contributed by atoms with Gasteiger partial charge in [0.1, 0.15) is 11.5 Å². The number of piperazine rings is 1. The van der Waals surface area contributed by atoms with E-state index in [-0.39, 0.29) is 23.6 Å². The number of nitrogens with one attached hydrogen (secondary N) is 1. The molecule has 1 aromatic heterocycles. The van der Waals surface area contributed by atoms with Gasteiger partial charge in [0.25, 0.3) is 0 Å². The Kier molecular flexibility index (Phi) is 2.96. The van der Waals surface area contributed by atoms with Crippen molar-refractivity contribution in [3.05, 3.63) is 23.7 Å². The molecule has 0 amide bonds. The van der Waals surface area contributed by atoms with Gasteiger partial charge in [-0.1, -0.05) is 0 Å². The summed E-state index contributed by atoms with van der Waals surface area (Å²) in [6.07, 6.45) is 0. The van der Waals surface area contributed by atoms with Gasteiger partial charge in [0, 0.05) is 25.2 Å². The molecule has 2 saturated heterocycles. The number of sulfone groups is 1. The standard InChI is InChI=1S/C12H18N2O3S/c1-9-2-3-10(17-9)6-14-5-4-13-11-7-18(15,16)8-12(11)14/h2-3,11-13H,4-8H2,1H3. The summed E-state index contributed by atoms with van der Waals surface area (Å²) < 4.78 is 29.0. The number of furan rings is 1. The lowest BCUT2D eigenvalue weighted by molar-refractivity contribution is 0.131. The van der Waals surface area contributed by atoms with Crippen molar-refractivity contribution in [2.24, 2.45) is 0 Å². The van der Waals surface area contributed by atoms with Crippen molar-refractivity contribution in [2.45, 2.75) is 25.6 Å². The molecule has 6 heteroatoms. The van der Waals surface area contributed by atoms with E-state index in [4.69, 9.17) is 4.42 Å². The topological polar surface area (TPSA) is 62.6 Å². The Morgan fingerprint density at radius 1 is 1.44 bits per heavy atom. The molecule has 18 heavy (non-hydrogen) atoms. The van der Waals surface area contributed by atoms with E-state index < -0.39 is 9.84 Å². The van der Waals surface area contributed by atoms with Crippen LogP contribution in [0.1, 0.15) is 11.5 Å². The molecule has 3 rings (SSSR count). The smallest absolute Gasteiger partial charge is 0.153 e. The van der Waals surface area contributed by atoms with Crippen molar-refractivity contribution in [3.8, 4) is 0 Å². The van der Waals surface area contributed by atoms with Crippen LogP contribution in [-0.4, -0.2) is 50.0 Å². The van der Waals surface area contributed by atoms with Gasteiger partial charge in [-0.05, 0) is 19.1 Å². The molecule has 1 aromatic rings. The van der Waals surface area contributed by atoms with Crippen molar-refractivity contribution >= 4 is 9.84 Å². The molecule has 0 radical (unpaired) electrons. The molecular formula is C12H18N2O3S. The van der Waals surface area contributed by atoms with Gasteiger partial charge in [0.15, 0.2) is 9.84 Å². The number of fused-ring (bicyclic) bond motifs is 1. The second-order valence-corrected chi connectivity index (χ2v) is 7.34. The van der Waals surface area contributed by atoms with E-state index in [9.17, 15) is 8.42 Å². The molecule has 2 aliphatic rings. The Labute approximate surface area is 107 Å². The maximum atomic E-state index is 11.7. The predicted octanol–water partition coefficient (Wildman–Crippen LogP) is 0.159. The monoisotopic (exact) mass is 270 g/mol. The first-order chi connectivity index (χ1) is 8.53. The third kappa shape index (κ3) is 2.32. The van der Waals surface area contributed by atoms with Crippen molar-refractivity contribution < 1.29 is 12.8 Å². The summed E-state index contributed by atoms with van der Waals surface area (Å²) in [7, 11) is -2.88. The molecule has 3 heterocycles. The molecule has 0 bridgehead atoms. The third-order valence-corrected chi connectivity index (χ3v) is 5.47. The summed E-state index contributed by atoms with van der Waals surface area (Å²) in [5, 5.41) is 3.31. The molecule has 0 saturated carbocycles. The average molecular weight is 270 g/mol. The molecule has 2 fully saturated rings. The van der Waals surface area contributed by atoms with Gasteiger partial charge in [-0.15, -0.1) is 0 Å². The van der Waals surface area contributed by atoms with E-state index in [2.05, 4.69) is 10.2 Å². The molecule has 0 aromatic carbocycles. The van der Waals surface area contributed by atoms with Crippen LogP contribution >= 0.6 is 0 Å². The van der Waals surface area contributed by atoms with Crippen LogP contribution in [0, 0.1) is 6.92 Å². The lowest BCUT2D eigenvalue weighted by Gasteiger charge is -2.36. The first-order valence-corrected chi connectivity index (χ1v) is 8.09. The zero-order valence-corrected chi connectivity index (χ0v) is 11.2. The Morgan fingerprint density at radius 2 is 2.28 bits per heavy atom. The van der Waals surface area contributed by atoms with Crippen molar-refractivity contribution in [1.82, 2.24) is 10.2 Å². The summed E-state index contributed by atoms with van der Waals surface area (Å²) >= 11 is 0. The zero-order valence-electron chi connectivity index (χ0n) is 10.4. The van der Waals surface area contributed by atoms with Crippen LogP contribution in [0.25, 0.3) is 0 Å². The van der Waals surface area contributed by atoms with E-state index in [0.717, 1.165) is 24.6 Å². The number of hydrogen-bond acceptors (Lipinski definition) is 5. The Balaban J connectivity index is 1.76. The first kappa shape index (κ1) is 12.2. The molecule has 100 valence electrons. The minimum atomic E-state index is -2.88. The van der Waals surface area contributed by atoms with Crippen LogP contribution in [-0.2, 0) is 16.4 Å². The molecule has 2 atom stereocenters. The highest BCUT2D eigenvalue weighted by molar-refractivity contribution is 7.91. The van der Waals surface area contributed by atoms with Gasteiger partial charge in [-0.2, -0.15) is 0 Å². The van der Waals surface area contributed by atoms with E-state index >= 15 is 0 Å². The number of hydrogen-bond donors (Lipinski definition) is 1. The largest absolute Gasteiger partial charge is 0.465 e. The minimum Gasteiger partial charge on any atom is -0.465 e. The number of aryl methyl sites for hydroxylation is 1. The summed E-state index contributed by atoms with van der Waals surface area (Å²) in [6, 6.07) is 4.09. The quantitative estimate of drug-likeness (QED) is 0.829. The lowest BCUT2D eigenvalue weighted by Crippen LogP contribution is -2.56. The SMILES string of the molecule is Cc1ccc(CN2CCNC3CS(=O)(=O)CC32)o1. The van der Waals surface area contributed by atoms with Crippen LogP contribution in [0.5, 0.6) is 0 Å². The van der Waals surface area contributed by atoms with E-state index in [1.54, 1.807) is 0 Å². The molecular weight excluding hydrogens is 252 g/mol. The highest BCUT2D eigenvalue weighted by Crippen LogP contribution is 2.23. The third-order valence-electron chi connectivity index (χ3n) is 3.75. The summed E-state index contributed by atoms with van der Waals surface area (Å²) in [5.74, 6) is 2.35. The molecule has 0 aliphatic carbocycles. The summed E-state index contributed by atoms with van der Waals surface area (Å²) in [6.45, 7) is 4.34. The van der Waals surface area contributed by atoms with E-state index in [1.807, 2.05) is 19.1 Å². The fraction of sp³-hybridized carbons (Fsp3) is 0.667. The van der Waals surface area contributed by atoms with Crippen molar-refractivity contribution in [3.63, 3.8) is 0 Å². The van der Waals surface area contributed by atoms with Gasteiger partial charge < -0.3 is 9.73 Å². The normalized spacial score (nSPS) is 31.4. The number of nitrogens with zero attached hydrogens (tertiary/aromatic N) is 1. The Hall–Kier alpha value is -0.850. The first-order valence-electron chi connectivity index (χ1n) is 6.27. The zero-order chi connectivity index (χ0) is 12.8. The highest BCUT2D eigenvalue weighted by atomic mass is 32.2. The molecule has 1 N–H and O–H groups in total. The fourth-order valence-electron chi connectivity index (χ4n) is 2.91. The second-order valence-electron chi connectivity index (χ2n) is 5.19. The van der Waals surface area contributed by atoms with E-state index in [0.29, 0.717) is 6.54 Å². The van der Waals surface area contributed by atoms with Gasteiger partial charge in [0.05, 0.1) is 18.1 Å². The Morgan fingerprint density at radius 3 is 3.00 bits per heavy atom. The van der Waals surface area contributed by atoms with Crippen molar-refractivity contribution in [2.75, 3.05) is 24.6 Å². The molecule has 0 spiro atoms. The van der Waals surface area contributed by atoms with Crippen LogP contribution in [0.2, 0.25) is 0 Å². The fourth-order valence-corrected chi connectivity index (χ4v) is 4.90. The average Bonchev–Trinajstić information content (AvgIpc) is 2.81. The lowest BCUT2D eigenvalue weighted by atomic mass is 10.1. The maximum Gasteiger partial charge on any atom is 0.153 e. The molecule has 5 nitrogen and oxygen atoms in total. The minimum absolute atomic E-state index is 0.0832. The van der Waals surface area contributed by atoms with E-state index in [1.165, 1.54) is 0 Å². The van der Waals surface area contributed by atoms with Crippen LogP contribution in [0.3, 0.4) is 0 Å². The maximum absolute atomic E-state index is 11.7. The summed E-state index contributed by atoms with van der Waals surface area (Å²) in [4.78, 5) is 2.23.